The molecule has 1 aliphatic carbocycles. The van der Waals surface area contributed by atoms with Gasteiger partial charge in [0, 0.05) is 0 Å². The van der Waals surface area contributed by atoms with Gasteiger partial charge in [0.2, 0.25) is 0 Å². The van der Waals surface area contributed by atoms with E-state index in [0.717, 1.165) is 6.42 Å². The Morgan fingerprint density at radius 2 is 1.52 bits per heavy atom. The highest BCUT2D eigenvalue weighted by Crippen LogP contribution is 2.39. The van der Waals surface area contributed by atoms with E-state index in [9.17, 15) is 0 Å². The van der Waals surface area contributed by atoms with Crippen LogP contribution in [0.3, 0.4) is 0 Å². The highest BCUT2D eigenvalue weighted by Gasteiger charge is 2.19. The lowest BCUT2D eigenvalue weighted by Gasteiger charge is -2.22. The van der Waals surface area contributed by atoms with E-state index < -0.39 is 0 Å². The summed E-state index contributed by atoms with van der Waals surface area (Å²) in [6, 6.07) is 24.4. The Kier molecular flexibility index (Phi) is 3.84. The first-order valence-electron chi connectivity index (χ1n) is 9.03. The largest absolute Gasteiger partial charge is 0.0795 e. The molecule has 0 saturated heterocycles. The van der Waals surface area contributed by atoms with Crippen molar-refractivity contribution >= 4 is 6.08 Å². The van der Waals surface area contributed by atoms with Crippen molar-refractivity contribution in [1.29, 1.82) is 0 Å². The van der Waals surface area contributed by atoms with E-state index in [0.29, 0.717) is 0 Å². The molecule has 3 aromatic carbocycles. The lowest BCUT2D eigenvalue weighted by molar-refractivity contribution is 0.590. The van der Waals surface area contributed by atoms with Crippen molar-refractivity contribution in [2.45, 2.75) is 32.6 Å². The number of rotatable bonds is 2. The van der Waals surface area contributed by atoms with E-state index in [1.807, 2.05) is 0 Å². The molecule has 0 heterocycles. The summed E-state index contributed by atoms with van der Waals surface area (Å²) in [7, 11) is 0. The lowest BCUT2D eigenvalue weighted by atomic mass is 9.82. The molecule has 0 aromatic heterocycles. The third kappa shape index (κ3) is 2.93. The second kappa shape index (κ2) is 6.04. The Morgan fingerprint density at radius 3 is 2.28 bits per heavy atom. The van der Waals surface area contributed by atoms with E-state index in [1.54, 1.807) is 0 Å². The Balaban J connectivity index is 1.97. The summed E-state index contributed by atoms with van der Waals surface area (Å²) < 4.78 is 0. The van der Waals surface area contributed by atoms with Gasteiger partial charge in [0.05, 0.1) is 0 Å². The minimum Gasteiger partial charge on any atom is -0.0795 e. The van der Waals surface area contributed by atoms with Gasteiger partial charge in [-0.3, -0.25) is 0 Å². The van der Waals surface area contributed by atoms with Crippen molar-refractivity contribution < 1.29 is 0 Å². The summed E-state index contributed by atoms with van der Waals surface area (Å²) in [6.07, 6.45) is 5.58. The first-order valence-corrected chi connectivity index (χ1v) is 9.03. The second-order valence-corrected chi connectivity index (χ2v) is 7.86. The molecule has 0 bridgehead atoms. The topological polar surface area (TPSA) is 0 Å². The Labute approximate surface area is 150 Å². The molecule has 0 amide bonds. The van der Waals surface area contributed by atoms with E-state index in [-0.39, 0.29) is 5.41 Å². The zero-order valence-corrected chi connectivity index (χ0v) is 15.2. The molecular formula is C25H24. The van der Waals surface area contributed by atoms with Crippen LogP contribution in [0, 0.1) is 0 Å². The smallest absolute Gasteiger partial charge is 0.00879 e. The number of fused-ring (bicyclic) bond motifs is 1. The fourth-order valence-corrected chi connectivity index (χ4v) is 3.63. The van der Waals surface area contributed by atoms with Gasteiger partial charge < -0.3 is 0 Å². The SMILES string of the molecule is CC(C)(C)c1ccc(-c2cccc3c2C=CC3)c(-c2ccccc2)c1. The summed E-state index contributed by atoms with van der Waals surface area (Å²) in [6.45, 7) is 6.83. The number of hydrogen-bond donors (Lipinski definition) is 0. The first kappa shape index (κ1) is 15.9. The Hall–Kier alpha value is -2.60. The molecule has 25 heavy (non-hydrogen) atoms. The molecule has 1 aliphatic rings. The minimum atomic E-state index is 0.139. The second-order valence-electron chi connectivity index (χ2n) is 7.86. The van der Waals surface area contributed by atoms with E-state index in [1.165, 1.54) is 38.9 Å². The van der Waals surface area contributed by atoms with Crippen LogP contribution in [0.4, 0.5) is 0 Å². The number of hydrogen-bond acceptors (Lipinski definition) is 0. The van der Waals surface area contributed by atoms with E-state index in [4.69, 9.17) is 0 Å². The summed E-state index contributed by atoms with van der Waals surface area (Å²) in [5.41, 5.74) is 9.58. The lowest BCUT2D eigenvalue weighted by Crippen LogP contribution is -2.11. The van der Waals surface area contributed by atoms with Gasteiger partial charge in [-0.2, -0.15) is 0 Å². The van der Waals surface area contributed by atoms with Crippen molar-refractivity contribution in [2.24, 2.45) is 0 Å². The van der Waals surface area contributed by atoms with Gasteiger partial charge in [-0.25, -0.2) is 0 Å². The van der Waals surface area contributed by atoms with Crippen LogP contribution in [-0.2, 0) is 11.8 Å². The average molecular weight is 324 g/mol. The fraction of sp³-hybridized carbons (Fsp3) is 0.200. The Bertz CT molecular complexity index is 938. The van der Waals surface area contributed by atoms with Gasteiger partial charge in [-0.15, -0.1) is 0 Å². The molecule has 0 nitrogen and oxygen atoms in total. The van der Waals surface area contributed by atoms with Crippen LogP contribution in [0.2, 0.25) is 0 Å². The Morgan fingerprint density at radius 1 is 0.720 bits per heavy atom. The quantitative estimate of drug-likeness (QED) is 0.481. The molecule has 0 N–H and O–H groups in total. The van der Waals surface area contributed by atoms with E-state index in [2.05, 4.69) is 99.7 Å². The molecule has 0 saturated carbocycles. The third-order valence-electron chi connectivity index (χ3n) is 5.08. The van der Waals surface area contributed by atoms with Crippen molar-refractivity contribution in [1.82, 2.24) is 0 Å². The molecule has 0 fully saturated rings. The normalized spacial score (nSPS) is 13.1. The molecule has 4 rings (SSSR count). The van der Waals surface area contributed by atoms with Crippen molar-refractivity contribution in [3.05, 3.63) is 89.5 Å². The maximum Gasteiger partial charge on any atom is -0.00879 e. The van der Waals surface area contributed by atoms with Gasteiger partial charge in [0.25, 0.3) is 0 Å². The summed E-state index contributed by atoms with van der Waals surface area (Å²) in [4.78, 5) is 0. The standard InChI is InChI=1S/C25H24/c1-25(2,3)20-15-16-23(24(17-20)19-9-5-4-6-10-19)22-14-8-12-18-11-7-13-21(18)22/h4-10,12-17H,11H2,1-3H3. The van der Waals surface area contributed by atoms with Gasteiger partial charge >= 0.3 is 0 Å². The molecule has 0 radical (unpaired) electrons. The number of benzene rings is 3. The van der Waals surface area contributed by atoms with Crippen molar-refractivity contribution in [2.75, 3.05) is 0 Å². The fourth-order valence-electron chi connectivity index (χ4n) is 3.63. The summed E-state index contributed by atoms with van der Waals surface area (Å²) in [5, 5.41) is 0. The molecule has 0 unspecified atom stereocenters. The minimum absolute atomic E-state index is 0.139. The van der Waals surface area contributed by atoms with Crippen molar-refractivity contribution in [3.8, 4) is 22.3 Å². The zero-order valence-electron chi connectivity index (χ0n) is 15.2. The average Bonchev–Trinajstić information content (AvgIpc) is 3.10. The van der Waals surface area contributed by atoms with Gasteiger partial charge in [-0.05, 0) is 50.8 Å². The van der Waals surface area contributed by atoms with Crippen LogP contribution in [0.25, 0.3) is 28.3 Å². The predicted molar refractivity (Wildman–Crippen MR) is 109 cm³/mol. The highest BCUT2D eigenvalue weighted by atomic mass is 14.2. The van der Waals surface area contributed by atoms with Gasteiger partial charge in [0.15, 0.2) is 0 Å². The predicted octanol–water partition coefficient (Wildman–Crippen LogP) is 6.89. The van der Waals surface area contributed by atoms with Gasteiger partial charge in [0.1, 0.15) is 0 Å². The summed E-state index contributed by atoms with van der Waals surface area (Å²) in [5.74, 6) is 0. The van der Waals surface area contributed by atoms with Crippen LogP contribution in [-0.4, -0.2) is 0 Å². The molecule has 0 spiro atoms. The van der Waals surface area contributed by atoms with Crippen LogP contribution in [0.5, 0.6) is 0 Å². The zero-order chi connectivity index (χ0) is 17.4. The third-order valence-corrected chi connectivity index (χ3v) is 5.08. The van der Waals surface area contributed by atoms with Crippen LogP contribution >= 0.6 is 0 Å². The first-order chi connectivity index (χ1) is 12.0. The highest BCUT2D eigenvalue weighted by molar-refractivity contribution is 5.89. The van der Waals surface area contributed by atoms with E-state index >= 15 is 0 Å². The van der Waals surface area contributed by atoms with Gasteiger partial charge in [-0.1, -0.05) is 99.7 Å². The van der Waals surface area contributed by atoms with Crippen molar-refractivity contribution in [3.63, 3.8) is 0 Å². The molecule has 124 valence electrons. The monoisotopic (exact) mass is 324 g/mol. The van der Waals surface area contributed by atoms with Crippen LogP contribution < -0.4 is 0 Å². The maximum atomic E-state index is 2.38. The molecule has 0 heteroatoms. The molecule has 3 aromatic rings. The molecule has 0 atom stereocenters. The maximum absolute atomic E-state index is 2.38. The van der Waals surface area contributed by atoms with Crippen LogP contribution in [0.15, 0.2) is 72.8 Å². The summed E-state index contributed by atoms with van der Waals surface area (Å²) >= 11 is 0. The number of allylic oxidation sites excluding steroid dienone is 1. The molecule has 0 aliphatic heterocycles. The molecular weight excluding hydrogens is 300 g/mol. The van der Waals surface area contributed by atoms with Crippen LogP contribution in [0.1, 0.15) is 37.5 Å².